The average Bonchev–Trinajstić information content (AvgIpc) is 2.17. The maximum absolute atomic E-state index is 11.1. The van der Waals surface area contributed by atoms with Gasteiger partial charge in [-0.1, -0.05) is 0 Å². The first-order valence-electron chi connectivity index (χ1n) is 4.38. The Morgan fingerprint density at radius 1 is 1.50 bits per heavy atom. The van der Waals surface area contributed by atoms with E-state index in [0.717, 1.165) is 6.07 Å². The summed E-state index contributed by atoms with van der Waals surface area (Å²) in [6, 6.07) is 3.47. The van der Waals surface area contributed by atoms with Crippen LogP contribution in [-0.2, 0) is 9.24 Å². The standard InChI is InChI=1S/C8H7ClN2O6S/c1-5-4-6(11(13)14)2-3-7(5)17-8(12)10-18(9,15)16/h2-4H,1H3,(H,10,12). The minimum atomic E-state index is -4.24. The number of halogens is 1. The van der Waals surface area contributed by atoms with Crippen molar-refractivity contribution in [2.45, 2.75) is 6.92 Å². The number of non-ortho nitro benzene ring substituents is 1. The molecule has 0 atom stereocenters. The highest BCUT2D eigenvalue weighted by Gasteiger charge is 2.15. The molecule has 1 aromatic rings. The zero-order valence-corrected chi connectivity index (χ0v) is 10.5. The lowest BCUT2D eigenvalue weighted by Crippen LogP contribution is -2.29. The van der Waals surface area contributed by atoms with Gasteiger partial charge in [-0.25, -0.2) is 9.52 Å². The van der Waals surface area contributed by atoms with Crippen molar-refractivity contribution in [1.29, 1.82) is 0 Å². The van der Waals surface area contributed by atoms with Crippen LogP contribution in [0.5, 0.6) is 5.75 Å². The van der Waals surface area contributed by atoms with Gasteiger partial charge in [0.2, 0.25) is 0 Å². The Hall–Kier alpha value is -1.87. The second kappa shape index (κ2) is 5.19. The van der Waals surface area contributed by atoms with Gasteiger partial charge in [0.05, 0.1) is 4.92 Å². The van der Waals surface area contributed by atoms with E-state index in [1.54, 1.807) is 0 Å². The zero-order chi connectivity index (χ0) is 13.9. The molecule has 0 spiro atoms. The second-order valence-electron chi connectivity index (χ2n) is 3.14. The smallest absolute Gasteiger partial charge is 0.409 e. The third-order valence-corrected chi connectivity index (χ3v) is 2.42. The van der Waals surface area contributed by atoms with Crippen LogP contribution in [0.2, 0.25) is 0 Å². The van der Waals surface area contributed by atoms with Gasteiger partial charge in [-0.2, -0.15) is 8.42 Å². The first-order valence-corrected chi connectivity index (χ1v) is 6.69. The predicted molar refractivity (Wildman–Crippen MR) is 61.8 cm³/mol. The normalized spacial score (nSPS) is 10.8. The van der Waals surface area contributed by atoms with Gasteiger partial charge < -0.3 is 4.74 Å². The number of nitro groups is 1. The Bertz CT molecular complexity index is 600. The number of carbonyl (C=O) groups is 1. The van der Waals surface area contributed by atoms with E-state index in [1.807, 2.05) is 0 Å². The Balaban J connectivity index is 2.86. The van der Waals surface area contributed by atoms with E-state index in [1.165, 1.54) is 23.8 Å². The van der Waals surface area contributed by atoms with E-state index < -0.39 is 20.3 Å². The van der Waals surface area contributed by atoms with Gasteiger partial charge in [0.1, 0.15) is 5.75 Å². The maximum Gasteiger partial charge on any atom is 0.427 e. The Morgan fingerprint density at radius 3 is 2.56 bits per heavy atom. The molecule has 0 heterocycles. The van der Waals surface area contributed by atoms with Crippen molar-refractivity contribution in [3.63, 3.8) is 0 Å². The Labute approximate surface area is 106 Å². The number of carbonyl (C=O) groups excluding carboxylic acids is 1. The molecule has 0 saturated heterocycles. The fourth-order valence-electron chi connectivity index (χ4n) is 1.08. The van der Waals surface area contributed by atoms with Crippen LogP contribution >= 0.6 is 10.7 Å². The molecule has 0 aliphatic carbocycles. The molecule has 0 fully saturated rings. The monoisotopic (exact) mass is 294 g/mol. The lowest BCUT2D eigenvalue weighted by atomic mass is 10.2. The molecule has 0 aliphatic rings. The van der Waals surface area contributed by atoms with Gasteiger partial charge in [-0.3, -0.25) is 10.1 Å². The van der Waals surface area contributed by atoms with Crippen LogP contribution in [0.1, 0.15) is 5.56 Å². The minimum absolute atomic E-state index is 0.0154. The molecule has 0 unspecified atom stereocenters. The molecule has 0 aromatic heterocycles. The number of hydrogen-bond acceptors (Lipinski definition) is 6. The van der Waals surface area contributed by atoms with Crippen molar-refractivity contribution >= 4 is 31.7 Å². The van der Waals surface area contributed by atoms with Crippen molar-refractivity contribution in [1.82, 2.24) is 4.72 Å². The van der Waals surface area contributed by atoms with Crippen LogP contribution in [0, 0.1) is 17.0 Å². The topological polar surface area (TPSA) is 116 Å². The van der Waals surface area contributed by atoms with Gasteiger partial charge in [-0.05, 0) is 18.6 Å². The Kier molecular flexibility index (Phi) is 4.09. The van der Waals surface area contributed by atoms with E-state index in [2.05, 4.69) is 4.74 Å². The third kappa shape index (κ3) is 4.18. The minimum Gasteiger partial charge on any atom is -0.409 e. The van der Waals surface area contributed by atoms with E-state index in [4.69, 9.17) is 10.7 Å². The number of benzene rings is 1. The molecule has 8 nitrogen and oxygen atoms in total. The highest BCUT2D eigenvalue weighted by atomic mass is 35.7. The fourth-order valence-corrected chi connectivity index (χ4v) is 1.51. The number of rotatable bonds is 3. The van der Waals surface area contributed by atoms with Crippen LogP contribution in [-0.4, -0.2) is 19.4 Å². The summed E-state index contributed by atoms with van der Waals surface area (Å²) in [5.41, 5.74) is 0.122. The van der Waals surface area contributed by atoms with E-state index in [0.29, 0.717) is 5.56 Å². The number of ether oxygens (including phenoxy) is 1. The molecule has 0 bridgehead atoms. The number of nitro benzene ring substituents is 1. The van der Waals surface area contributed by atoms with Crippen molar-refractivity contribution in [3.05, 3.63) is 33.9 Å². The van der Waals surface area contributed by atoms with Crippen LogP contribution in [0.4, 0.5) is 10.5 Å². The molecule has 0 radical (unpaired) electrons. The molecule has 10 heteroatoms. The quantitative estimate of drug-likeness (QED) is 0.513. The van der Waals surface area contributed by atoms with Crippen LogP contribution in [0.3, 0.4) is 0 Å². The maximum atomic E-state index is 11.1. The molecular weight excluding hydrogens is 288 g/mol. The molecule has 1 rings (SSSR count). The second-order valence-corrected chi connectivity index (χ2v) is 5.43. The molecule has 0 saturated carbocycles. The molecule has 1 aromatic carbocycles. The van der Waals surface area contributed by atoms with Gasteiger partial charge in [0.25, 0.3) is 5.69 Å². The SMILES string of the molecule is Cc1cc([N+](=O)[O-])ccc1OC(=O)NS(=O)(=O)Cl. The van der Waals surface area contributed by atoms with E-state index in [9.17, 15) is 23.3 Å². The molecular formula is C8H7ClN2O6S. The fraction of sp³-hybridized carbons (Fsp3) is 0.125. The molecule has 98 valence electrons. The van der Waals surface area contributed by atoms with Gasteiger partial charge in [0, 0.05) is 22.8 Å². The van der Waals surface area contributed by atoms with Crippen LogP contribution < -0.4 is 9.46 Å². The number of hydrogen-bond donors (Lipinski definition) is 1. The number of nitrogens with one attached hydrogen (secondary N) is 1. The first-order chi connectivity index (χ1) is 8.19. The summed E-state index contributed by atoms with van der Waals surface area (Å²) in [6.45, 7) is 1.46. The van der Waals surface area contributed by atoms with Gasteiger partial charge in [0.15, 0.2) is 0 Å². The summed E-state index contributed by atoms with van der Waals surface area (Å²) >= 11 is 0. The lowest BCUT2D eigenvalue weighted by molar-refractivity contribution is -0.384. The lowest BCUT2D eigenvalue weighted by Gasteiger charge is -2.06. The Morgan fingerprint density at radius 2 is 2.11 bits per heavy atom. The van der Waals surface area contributed by atoms with Crippen molar-refractivity contribution < 1.29 is 22.9 Å². The molecule has 18 heavy (non-hydrogen) atoms. The highest BCUT2D eigenvalue weighted by molar-refractivity contribution is 8.12. The largest absolute Gasteiger partial charge is 0.427 e. The predicted octanol–water partition coefficient (Wildman–Crippen LogP) is 1.48. The first kappa shape index (κ1) is 14.2. The number of amides is 1. The summed E-state index contributed by atoms with van der Waals surface area (Å²) < 4.78 is 27.0. The average molecular weight is 295 g/mol. The highest BCUT2D eigenvalue weighted by Crippen LogP contribution is 2.23. The van der Waals surface area contributed by atoms with Crippen LogP contribution in [0.25, 0.3) is 0 Å². The zero-order valence-electron chi connectivity index (χ0n) is 8.91. The summed E-state index contributed by atoms with van der Waals surface area (Å²) in [6.07, 6.45) is -1.30. The van der Waals surface area contributed by atoms with E-state index >= 15 is 0 Å². The summed E-state index contributed by atoms with van der Waals surface area (Å²) in [5, 5.41) is 10.5. The van der Waals surface area contributed by atoms with Crippen LogP contribution in [0.15, 0.2) is 18.2 Å². The van der Waals surface area contributed by atoms with Crippen molar-refractivity contribution in [2.24, 2.45) is 0 Å². The van der Waals surface area contributed by atoms with E-state index in [-0.39, 0.29) is 11.4 Å². The molecule has 1 N–H and O–H groups in total. The molecule has 0 aliphatic heterocycles. The number of nitrogens with zero attached hydrogens (tertiary/aromatic N) is 1. The summed E-state index contributed by atoms with van der Waals surface area (Å²) in [7, 11) is 0.533. The summed E-state index contributed by atoms with van der Waals surface area (Å²) in [5.74, 6) is -0.0154. The van der Waals surface area contributed by atoms with Gasteiger partial charge >= 0.3 is 15.3 Å². The van der Waals surface area contributed by atoms with Crippen molar-refractivity contribution in [3.8, 4) is 5.75 Å². The number of aryl methyl sites for hydroxylation is 1. The van der Waals surface area contributed by atoms with Crippen molar-refractivity contribution in [2.75, 3.05) is 0 Å². The summed E-state index contributed by atoms with van der Waals surface area (Å²) in [4.78, 5) is 20.9. The third-order valence-electron chi connectivity index (χ3n) is 1.78. The van der Waals surface area contributed by atoms with Gasteiger partial charge in [-0.15, -0.1) is 0 Å². The molecule has 1 amide bonds.